The van der Waals surface area contributed by atoms with Crippen LogP contribution in [0.25, 0.3) is 10.9 Å². The zero-order valence-corrected chi connectivity index (χ0v) is 21.2. The maximum Gasteiger partial charge on any atom is 0.410 e. The Labute approximate surface area is 215 Å². The first kappa shape index (κ1) is 25.0. The predicted molar refractivity (Wildman–Crippen MR) is 137 cm³/mol. The molecule has 37 heavy (non-hydrogen) atoms. The molecule has 2 aliphatic heterocycles. The maximum absolute atomic E-state index is 13.2. The van der Waals surface area contributed by atoms with E-state index in [1.165, 1.54) is 6.07 Å². The highest BCUT2D eigenvalue weighted by Crippen LogP contribution is 2.26. The minimum Gasteiger partial charge on any atom is -0.444 e. The Balaban J connectivity index is 1.23. The Morgan fingerprint density at radius 2 is 1.81 bits per heavy atom. The average molecular weight is 525 g/mol. The van der Waals surface area contributed by atoms with Gasteiger partial charge in [0.25, 0.3) is 15.9 Å². The molecule has 0 saturated carbocycles. The molecular formula is C26H28N4O6S. The highest BCUT2D eigenvalue weighted by molar-refractivity contribution is 7.93. The van der Waals surface area contributed by atoms with Crippen LogP contribution in [0.1, 0.15) is 22.3 Å². The molecule has 11 heteroatoms. The van der Waals surface area contributed by atoms with E-state index in [4.69, 9.17) is 9.47 Å². The quantitative estimate of drug-likeness (QED) is 0.545. The van der Waals surface area contributed by atoms with Gasteiger partial charge in [-0.2, -0.15) is 0 Å². The summed E-state index contributed by atoms with van der Waals surface area (Å²) in [6, 6.07) is 13.4. The van der Waals surface area contributed by atoms with Gasteiger partial charge in [-0.1, -0.05) is 18.2 Å². The number of nitrogens with one attached hydrogen (secondary N) is 1. The van der Waals surface area contributed by atoms with Crippen LogP contribution in [0.15, 0.2) is 59.6 Å². The molecule has 1 atom stereocenters. The van der Waals surface area contributed by atoms with Gasteiger partial charge < -0.3 is 19.3 Å². The summed E-state index contributed by atoms with van der Waals surface area (Å²) in [6.45, 7) is 4.31. The standard InChI is InChI=1S/C26H28N4O6S/c1-18-16-20(25(31)29-11-13-30(14-12-29)26(32)36-21-9-15-35-17-21)7-8-22(18)28-37(33,34)23-6-2-4-19-5-3-10-27-24(19)23/h2-8,10,16,21,28H,9,11-15,17H2,1H3/t21-/m1/s1. The number of ether oxygens (including phenoxy) is 2. The fourth-order valence-electron chi connectivity index (χ4n) is 4.50. The van der Waals surface area contributed by atoms with Crippen LogP contribution in [0.3, 0.4) is 0 Å². The van der Waals surface area contributed by atoms with Gasteiger partial charge in [0.1, 0.15) is 11.0 Å². The van der Waals surface area contributed by atoms with E-state index in [-0.39, 0.29) is 23.0 Å². The molecular weight excluding hydrogens is 496 g/mol. The van der Waals surface area contributed by atoms with Gasteiger partial charge >= 0.3 is 6.09 Å². The highest BCUT2D eigenvalue weighted by Gasteiger charge is 2.29. The highest BCUT2D eigenvalue weighted by atomic mass is 32.2. The number of nitrogens with zero attached hydrogens (tertiary/aromatic N) is 3. The Hall–Kier alpha value is -3.70. The van der Waals surface area contributed by atoms with E-state index in [0.29, 0.717) is 68.1 Å². The molecule has 0 bridgehead atoms. The van der Waals surface area contributed by atoms with Gasteiger partial charge in [-0.15, -0.1) is 0 Å². The number of para-hydroxylation sites is 1. The number of hydrogen-bond acceptors (Lipinski definition) is 7. The van der Waals surface area contributed by atoms with Gasteiger partial charge in [-0.3, -0.25) is 14.5 Å². The third kappa shape index (κ3) is 5.37. The first-order chi connectivity index (χ1) is 17.8. The number of rotatable bonds is 5. The molecule has 3 aromatic rings. The molecule has 2 amide bonds. The second kappa shape index (κ2) is 10.3. The van der Waals surface area contributed by atoms with Crippen LogP contribution in [0.4, 0.5) is 10.5 Å². The van der Waals surface area contributed by atoms with Gasteiger partial charge in [0.15, 0.2) is 0 Å². The number of carbonyl (C=O) groups excluding carboxylic acids is 2. The summed E-state index contributed by atoms with van der Waals surface area (Å²) in [6.07, 6.45) is 1.67. The van der Waals surface area contributed by atoms with Crippen molar-refractivity contribution < 1.29 is 27.5 Å². The second-order valence-electron chi connectivity index (χ2n) is 9.12. The molecule has 2 aliphatic rings. The zero-order valence-electron chi connectivity index (χ0n) is 20.4. The number of amides is 2. The molecule has 0 unspecified atom stereocenters. The molecule has 5 rings (SSSR count). The predicted octanol–water partition coefficient (Wildman–Crippen LogP) is 3.03. The molecule has 2 fully saturated rings. The summed E-state index contributed by atoms with van der Waals surface area (Å²) in [4.78, 5) is 33.1. The molecule has 2 saturated heterocycles. The summed E-state index contributed by atoms with van der Waals surface area (Å²) in [5.74, 6) is -0.173. The third-order valence-corrected chi connectivity index (χ3v) is 7.98. The molecule has 0 aliphatic carbocycles. The van der Waals surface area contributed by atoms with Crippen molar-refractivity contribution in [3.05, 3.63) is 65.9 Å². The Bertz CT molecular complexity index is 1420. The van der Waals surface area contributed by atoms with Gasteiger partial charge in [-0.05, 0) is 42.8 Å². The first-order valence-corrected chi connectivity index (χ1v) is 13.6. The van der Waals surface area contributed by atoms with Crippen molar-refractivity contribution in [1.29, 1.82) is 0 Å². The van der Waals surface area contributed by atoms with E-state index >= 15 is 0 Å². The van der Waals surface area contributed by atoms with E-state index < -0.39 is 10.0 Å². The molecule has 194 valence electrons. The van der Waals surface area contributed by atoms with Crippen molar-refractivity contribution >= 4 is 38.6 Å². The van der Waals surface area contributed by atoms with Gasteiger partial charge in [-0.25, -0.2) is 13.2 Å². The molecule has 0 spiro atoms. The summed E-state index contributed by atoms with van der Waals surface area (Å²) >= 11 is 0. The van der Waals surface area contributed by atoms with Crippen LogP contribution >= 0.6 is 0 Å². The van der Waals surface area contributed by atoms with Gasteiger partial charge in [0, 0.05) is 49.7 Å². The summed E-state index contributed by atoms with van der Waals surface area (Å²) in [7, 11) is -3.90. The summed E-state index contributed by atoms with van der Waals surface area (Å²) in [5.41, 5.74) is 1.84. The number of pyridine rings is 1. The number of carbonyl (C=O) groups is 2. The van der Waals surface area contributed by atoms with Crippen LogP contribution in [0.2, 0.25) is 0 Å². The van der Waals surface area contributed by atoms with E-state index in [2.05, 4.69) is 9.71 Å². The zero-order chi connectivity index (χ0) is 26.0. The third-order valence-electron chi connectivity index (χ3n) is 6.58. The Morgan fingerprint density at radius 3 is 2.54 bits per heavy atom. The molecule has 3 heterocycles. The normalized spacial score (nSPS) is 18.1. The smallest absolute Gasteiger partial charge is 0.410 e. The van der Waals surface area contributed by atoms with Crippen LogP contribution < -0.4 is 4.72 Å². The number of hydrogen-bond donors (Lipinski definition) is 1. The van der Waals surface area contributed by atoms with Gasteiger partial charge in [0.2, 0.25) is 0 Å². The topological polar surface area (TPSA) is 118 Å². The summed E-state index contributed by atoms with van der Waals surface area (Å²) in [5, 5.41) is 0.726. The molecule has 1 N–H and O–H groups in total. The Kier molecular flexibility index (Phi) is 6.98. The number of piperazine rings is 1. The molecule has 1 aromatic heterocycles. The lowest BCUT2D eigenvalue weighted by Crippen LogP contribution is -2.51. The summed E-state index contributed by atoms with van der Waals surface area (Å²) < 4.78 is 39.6. The minimum absolute atomic E-state index is 0.0852. The molecule has 2 aromatic carbocycles. The van der Waals surface area contributed by atoms with Crippen molar-refractivity contribution in [2.45, 2.75) is 24.3 Å². The van der Waals surface area contributed by atoms with Crippen molar-refractivity contribution in [3.63, 3.8) is 0 Å². The lowest BCUT2D eigenvalue weighted by atomic mass is 10.1. The van der Waals surface area contributed by atoms with Crippen LogP contribution in [0, 0.1) is 6.92 Å². The maximum atomic E-state index is 13.2. The second-order valence-corrected chi connectivity index (χ2v) is 10.8. The Morgan fingerprint density at radius 1 is 1.05 bits per heavy atom. The lowest BCUT2D eigenvalue weighted by molar-refractivity contribution is 0.0370. The van der Waals surface area contributed by atoms with Crippen LogP contribution in [-0.2, 0) is 19.5 Å². The fraction of sp³-hybridized carbons (Fsp3) is 0.346. The van der Waals surface area contributed by atoms with E-state index in [0.717, 1.165) is 5.39 Å². The van der Waals surface area contributed by atoms with E-state index in [1.807, 2.05) is 0 Å². The van der Waals surface area contributed by atoms with Crippen molar-refractivity contribution in [2.24, 2.45) is 0 Å². The lowest BCUT2D eigenvalue weighted by Gasteiger charge is -2.34. The molecule has 0 radical (unpaired) electrons. The number of benzene rings is 2. The fourth-order valence-corrected chi connectivity index (χ4v) is 5.81. The largest absolute Gasteiger partial charge is 0.444 e. The average Bonchev–Trinajstić information content (AvgIpc) is 3.42. The number of aryl methyl sites for hydroxylation is 1. The SMILES string of the molecule is Cc1cc(C(=O)N2CCN(C(=O)O[C@@H]3CCOC3)CC2)ccc1NS(=O)(=O)c1cccc2cccnc12. The number of anilines is 1. The van der Waals surface area contributed by atoms with Crippen molar-refractivity contribution in [2.75, 3.05) is 44.1 Å². The number of aromatic nitrogens is 1. The first-order valence-electron chi connectivity index (χ1n) is 12.1. The minimum atomic E-state index is -3.90. The number of sulfonamides is 1. The van der Waals surface area contributed by atoms with Crippen LogP contribution in [0.5, 0.6) is 0 Å². The monoisotopic (exact) mass is 524 g/mol. The van der Waals surface area contributed by atoms with Crippen molar-refractivity contribution in [3.8, 4) is 0 Å². The number of fused-ring (bicyclic) bond motifs is 1. The van der Waals surface area contributed by atoms with Crippen molar-refractivity contribution in [1.82, 2.24) is 14.8 Å². The van der Waals surface area contributed by atoms with Crippen LogP contribution in [-0.4, -0.2) is 80.7 Å². The molecule has 10 nitrogen and oxygen atoms in total. The van der Waals surface area contributed by atoms with E-state index in [9.17, 15) is 18.0 Å². The van der Waals surface area contributed by atoms with Gasteiger partial charge in [0.05, 0.1) is 24.4 Å². The van der Waals surface area contributed by atoms with E-state index in [1.54, 1.807) is 65.4 Å².